The van der Waals surface area contributed by atoms with Gasteiger partial charge in [-0.2, -0.15) is 13.2 Å². The van der Waals surface area contributed by atoms with Gasteiger partial charge >= 0.3 is 6.18 Å². The molecule has 0 aromatic rings. The molecular formula is C8H16F3N. The third-order valence-corrected chi connectivity index (χ3v) is 1.72. The highest BCUT2D eigenvalue weighted by Crippen LogP contribution is 2.21. The number of alkyl halides is 3. The van der Waals surface area contributed by atoms with Crippen molar-refractivity contribution in [3.8, 4) is 0 Å². The van der Waals surface area contributed by atoms with Crippen molar-refractivity contribution in [2.24, 2.45) is 0 Å². The third kappa shape index (κ3) is 6.46. The van der Waals surface area contributed by atoms with Crippen LogP contribution < -0.4 is 5.32 Å². The van der Waals surface area contributed by atoms with Gasteiger partial charge < -0.3 is 5.32 Å². The zero-order chi connectivity index (χ0) is 9.78. The van der Waals surface area contributed by atoms with Crippen LogP contribution in [0.25, 0.3) is 0 Å². The molecule has 0 amide bonds. The third-order valence-electron chi connectivity index (χ3n) is 1.72. The molecule has 12 heavy (non-hydrogen) atoms. The zero-order valence-electron chi connectivity index (χ0n) is 7.70. The molecule has 0 aromatic heterocycles. The van der Waals surface area contributed by atoms with Gasteiger partial charge in [0.05, 0.1) is 6.42 Å². The van der Waals surface area contributed by atoms with Crippen LogP contribution in [0.1, 0.15) is 33.6 Å². The average Bonchev–Trinajstić information content (AvgIpc) is 1.82. The molecule has 0 fully saturated rings. The fourth-order valence-electron chi connectivity index (χ4n) is 1.01. The Morgan fingerprint density at radius 1 is 1.17 bits per heavy atom. The maximum Gasteiger partial charge on any atom is 0.390 e. The number of hydrogen-bond acceptors (Lipinski definition) is 1. The van der Waals surface area contributed by atoms with Crippen LogP contribution >= 0.6 is 0 Å². The van der Waals surface area contributed by atoms with E-state index in [2.05, 4.69) is 5.32 Å². The fourth-order valence-corrected chi connectivity index (χ4v) is 1.01. The van der Waals surface area contributed by atoms with Crippen LogP contribution in [0.3, 0.4) is 0 Å². The Bertz CT molecular complexity index is 122. The summed E-state index contributed by atoms with van der Waals surface area (Å²) in [5.41, 5.74) is 0. The minimum Gasteiger partial charge on any atom is -0.311 e. The largest absolute Gasteiger partial charge is 0.390 e. The summed E-state index contributed by atoms with van der Waals surface area (Å²) in [5.74, 6) is 0. The number of rotatable bonds is 4. The predicted octanol–water partition coefficient (Wildman–Crippen LogP) is 2.72. The summed E-state index contributed by atoms with van der Waals surface area (Å²) >= 11 is 0. The van der Waals surface area contributed by atoms with E-state index in [-0.39, 0.29) is 6.04 Å². The smallest absolute Gasteiger partial charge is 0.311 e. The molecule has 0 saturated heterocycles. The first-order valence-corrected chi connectivity index (χ1v) is 4.18. The van der Waals surface area contributed by atoms with Gasteiger partial charge in [-0.05, 0) is 20.3 Å². The minimum atomic E-state index is -4.06. The molecule has 0 aliphatic carbocycles. The Hall–Kier alpha value is -0.250. The number of hydrogen-bond donors (Lipinski definition) is 1. The van der Waals surface area contributed by atoms with E-state index in [4.69, 9.17) is 0 Å². The average molecular weight is 183 g/mol. The maximum atomic E-state index is 11.8. The molecule has 2 atom stereocenters. The topological polar surface area (TPSA) is 12.0 Å². The standard InChI is InChI=1S/C8H16F3N/c1-4-6(2)12-7(3)5-8(9,10)11/h6-7,12H,4-5H2,1-3H3. The van der Waals surface area contributed by atoms with Crippen LogP contribution in [0.5, 0.6) is 0 Å². The second-order valence-corrected chi connectivity index (χ2v) is 3.20. The van der Waals surface area contributed by atoms with Gasteiger partial charge in [-0.1, -0.05) is 6.92 Å². The first-order chi connectivity index (χ1) is 5.35. The van der Waals surface area contributed by atoms with E-state index < -0.39 is 18.6 Å². The van der Waals surface area contributed by atoms with Crippen molar-refractivity contribution in [2.45, 2.75) is 51.9 Å². The van der Waals surface area contributed by atoms with E-state index >= 15 is 0 Å². The number of halogens is 3. The highest BCUT2D eigenvalue weighted by atomic mass is 19.4. The van der Waals surface area contributed by atoms with E-state index in [0.717, 1.165) is 6.42 Å². The van der Waals surface area contributed by atoms with Crippen molar-refractivity contribution in [3.05, 3.63) is 0 Å². The van der Waals surface area contributed by atoms with Gasteiger partial charge in [-0.3, -0.25) is 0 Å². The molecule has 0 saturated carbocycles. The first kappa shape index (κ1) is 11.8. The minimum absolute atomic E-state index is 0.155. The highest BCUT2D eigenvalue weighted by Gasteiger charge is 2.29. The number of nitrogens with one attached hydrogen (secondary N) is 1. The van der Waals surface area contributed by atoms with Crippen molar-refractivity contribution in [1.29, 1.82) is 0 Å². The Balaban J connectivity index is 3.66. The van der Waals surface area contributed by atoms with Crippen LogP contribution in [0.15, 0.2) is 0 Å². The molecule has 1 nitrogen and oxygen atoms in total. The van der Waals surface area contributed by atoms with Crippen LogP contribution in [-0.4, -0.2) is 18.3 Å². The van der Waals surface area contributed by atoms with Crippen LogP contribution in [-0.2, 0) is 0 Å². The van der Waals surface area contributed by atoms with Crippen molar-refractivity contribution >= 4 is 0 Å². The van der Waals surface area contributed by atoms with Crippen molar-refractivity contribution in [2.75, 3.05) is 0 Å². The van der Waals surface area contributed by atoms with Crippen molar-refractivity contribution < 1.29 is 13.2 Å². The predicted molar refractivity (Wildman–Crippen MR) is 43.0 cm³/mol. The lowest BCUT2D eigenvalue weighted by Crippen LogP contribution is -2.37. The van der Waals surface area contributed by atoms with E-state index in [1.165, 1.54) is 0 Å². The molecule has 0 heterocycles. The molecule has 0 aliphatic rings. The summed E-state index contributed by atoms with van der Waals surface area (Å²) in [5, 5.41) is 2.87. The second-order valence-electron chi connectivity index (χ2n) is 3.20. The Kier molecular flexibility index (Phi) is 4.60. The SMILES string of the molecule is CCC(C)NC(C)CC(F)(F)F. The van der Waals surface area contributed by atoms with Gasteiger partial charge in [0, 0.05) is 12.1 Å². The Labute approximate surface area is 71.3 Å². The first-order valence-electron chi connectivity index (χ1n) is 4.18. The van der Waals surface area contributed by atoms with Gasteiger partial charge in [0.15, 0.2) is 0 Å². The molecule has 0 radical (unpaired) electrons. The van der Waals surface area contributed by atoms with Gasteiger partial charge in [0.1, 0.15) is 0 Å². The summed E-state index contributed by atoms with van der Waals surface area (Å²) < 4.78 is 35.5. The molecule has 0 spiro atoms. The summed E-state index contributed by atoms with van der Waals surface area (Å²) in [7, 11) is 0. The molecule has 74 valence electrons. The molecule has 1 N–H and O–H groups in total. The van der Waals surface area contributed by atoms with Crippen LogP contribution in [0.4, 0.5) is 13.2 Å². The maximum absolute atomic E-state index is 11.8. The van der Waals surface area contributed by atoms with Gasteiger partial charge in [0.25, 0.3) is 0 Å². The molecule has 0 aromatic carbocycles. The van der Waals surface area contributed by atoms with E-state index in [9.17, 15) is 13.2 Å². The second kappa shape index (κ2) is 4.70. The lowest BCUT2D eigenvalue weighted by Gasteiger charge is -2.19. The van der Waals surface area contributed by atoms with Gasteiger partial charge in [-0.25, -0.2) is 0 Å². The highest BCUT2D eigenvalue weighted by molar-refractivity contribution is 4.69. The normalized spacial score (nSPS) is 17.5. The fraction of sp³-hybridized carbons (Fsp3) is 1.00. The molecule has 0 rings (SSSR count). The van der Waals surface area contributed by atoms with E-state index in [1.807, 2.05) is 13.8 Å². The van der Waals surface area contributed by atoms with E-state index in [1.54, 1.807) is 6.92 Å². The molecular weight excluding hydrogens is 167 g/mol. The molecule has 0 aliphatic heterocycles. The van der Waals surface area contributed by atoms with Crippen LogP contribution in [0, 0.1) is 0 Å². The summed E-state index contributed by atoms with van der Waals surface area (Å²) in [6, 6.07) is -0.331. The van der Waals surface area contributed by atoms with Crippen molar-refractivity contribution in [1.82, 2.24) is 5.32 Å². The van der Waals surface area contributed by atoms with Crippen molar-refractivity contribution in [3.63, 3.8) is 0 Å². The quantitative estimate of drug-likeness (QED) is 0.706. The molecule has 0 bridgehead atoms. The zero-order valence-corrected chi connectivity index (χ0v) is 7.70. The summed E-state index contributed by atoms with van der Waals surface area (Å²) in [6.07, 6.45) is -3.96. The Morgan fingerprint density at radius 3 is 2.00 bits per heavy atom. The Morgan fingerprint density at radius 2 is 1.67 bits per heavy atom. The lowest BCUT2D eigenvalue weighted by atomic mass is 10.2. The van der Waals surface area contributed by atoms with Crippen LogP contribution in [0.2, 0.25) is 0 Å². The molecule has 2 unspecified atom stereocenters. The van der Waals surface area contributed by atoms with E-state index in [0.29, 0.717) is 0 Å². The summed E-state index contributed by atoms with van der Waals surface area (Å²) in [6.45, 7) is 5.38. The monoisotopic (exact) mass is 183 g/mol. The lowest BCUT2D eigenvalue weighted by molar-refractivity contribution is -0.139. The molecule has 4 heteroatoms. The summed E-state index contributed by atoms with van der Waals surface area (Å²) in [4.78, 5) is 0. The van der Waals surface area contributed by atoms with Gasteiger partial charge in [0.2, 0.25) is 0 Å². The van der Waals surface area contributed by atoms with Gasteiger partial charge in [-0.15, -0.1) is 0 Å².